The minimum Gasteiger partial charge on any atom is -0.464 e. The van der Waals surface area contributed by atoms with Crippen molar-refractivity contribution in [2.45, 2.75) is 6.54 Å². The molecule has 0 aliphatic heterocycles. The Kier molecular flexibility index (Phi) is 4.64. The summed E-state index contributed by atoms with van der Waals surface area (Å²) in [5.74, 6) is -0.698. The number of rotatable bonds is 4. The molecule has 8 heteroatoms. The predicted molar refractivity (Wildman–Crippen MR) is 74.7 cm³/mol. The van der Waals surface area contributed by atoms with Crippen molar-refractivity contribution in [2.24, 2.45) is 0 Å². The van der Waals surface area contributed by atoms with Gasteiger partial charge in [-0.05, 0) is 23.2 Å². The second kappa shape index (κ2) is 6.45. The fourth-order valence-electron chi connectivity index (χ4n) is 1.67. The van der Waals surface area contributed by atoms with Crippen molar-refractivity contribution >= 4 is 23.4 Å². The predicted octanol–water partition coefficient (Wildman–Crippen LogP) is 2.09. The van der Waals surface area contributed by atoms with Crippen molar-refractivity contribution < 1.29 is 13.9 Å². The molecule has 21 heavy (non-hydrogen) atoms. The second-order valence-electron chi connectivity index (χ2n) is 4.22. The number of aromatic nitrogens is 3. The van der Waals surface area contributed by atoms with Crippen molar-refractivity contribution in [1.29, 1.82) is 0 Å². The molecule has 0 aliphatic carbocycles. The molecule has 0 saturated heterocycles. The van der Waals surface area contributed by atoms with Crippen LogP contribution in [0.2, 0.25) is 5.28 Å². The number of esters is 1. The monoisotopic (exact) mass is 310 g/mol. The van der Waals surface area contributed by atoms with Crippen molar-refractivity contribution in [2.75, 3.05) is 19.1 Å². The van der Waals surface area contributed by atoms with Crippen LogP contribution >= 0.6 is 11.6 Å². The van der Waals surface area contributed by atoms with Gasteiger partial charge < -0.3 is 9.64 Å². The van der Waals surface area contributed by atoms with Gasteiger partial charge >= 0.3 is 5.97 Å². The molecule has 2 aromatic heterocycles. The summed E-state index contributed by atoms with van der Waals surface area (Å²) >= 11 is 5.80. The quantitative estimate of drug-likeness (QED) is 0.489. The van der Waals surface area contributed by atoms with E-state index in [-0.39, 0.29) is 11.0 Å². The van der Waals surface area contributed by atoms with Gasteiger partial charge in [-0.1, -0.05) is 6.07 Å². The summed E-state index contributed by atoms with van der Waals surface area (Å²) < 4.78 is 17.4. The van der Waals surface area contributed by atoms with Crippen molar-refractivity contribution in [3.8, 4) is 0 Å². The van der Waals surface area contributed by atoms with E-state index in [4.69, 9.17) is 11.6 Å². The third kappa shape index (κ3) is 3.85. The third-order valence-corrected chi connectivity index (χ3v) is 2.85. The van der Waals surface area contributed by atoms with E-state index in [9.17, 15) is 9.18 Å². The highest BCUT2D eigenvalue weighted by atomic mass is 35.5. The number of hydrogen-bond donors (Lipinski definition) is 0. The van der Waals surface area contributed by atoms with E-state index in [1.165, 1.54) is 25.4 Å². The maximum Gasteiger partial charge on any atom is 0.356 e. The van der Waals surface area contributed by atoms with E-state index in [0.29, 0.717) is 12.4 Å². The Hall–Kier alpha value is -2.28. The van der Waals surface area contributed by atoms with E-state index in [2.05, 4.69) is 19.7 Å². The first-order valence-electron chi connectivity index (χ1n) is 5.94. The van der Waals surface area contributed by atoms with Gasteiger partial charge in [0.1, 0.15) is 5.82 Å². The van der Waals surface area contributed by atoms with Crippen LogP contribution in [0.15, 0.2) is 24.4 Å². The number of carbonyl (C=O) groups excluding carboxylic acids is 1. The summed E-state index contributed by atoms with van der Waals surface area (Å²) in [6, 6.07) is 4.35. The molecule has 110 valence electrons. The van der Waals surface area contributed by atoms with Gasteiger partial charge in [-0.3, -0.25) is 0 Å². The van der Waals surface area contributed by atoms with Crippen LogP contribution < -0.4 is 4.90 Å². The first-order valence-corrected chi connectivity index (χ1v) is 6.32. The molecular formula is C13H12ClFN4O2. The summed E-state index contributed by atoms with van der Waals surface area (Å²) in [5.41, 5.74) is 0.852. The molecule has 0 fully saturated rings. The Balaban J connectivity index is 2.22. The number of pyridine rings is 1. The standard InChI is InChI=1S/C13H12ClFN4O2/c1-19(7-8-3-4-10(15)16-6-8)11-5-9(12(20)21-2)17-13(14)18-11/h3-6H,7H2,1-2H3. The van der Waals surface area contributed by atoms with Crippen molar-refractivity contribution in [3.05, 3.63) is 46.9 Å². The largest absolute Gasteiger partial charge is 0.464 e. The number of carbonyl (C=O) groups is 1. The summed E-state index contributed by atoms with van der Waals surface area (Å²) in [7, 11) is 3.01. The average Bonchev–Trinajstić information content (AvgIpc) is 2.48. The van der Waals surface area contributed by atoms with E-state index in [0.717, 1.165) is 5.56 Å². The molecule has 2 aromatic rings. The fourth-order valence-corrected chi connectivity index (χ4v) is 1.84. The molecule has 0 amide bonds. The van der Waals surface area contributed by atoms with Gasteiger partial charge in [0, 0.05) is 25.9 Å². The lowest BCUT2D eigenvalue weighted by atomic mass is 10.2. The fraction of sp³-hybridized carbons (Fsp3) is 0.231. The Labute approximate surface area is 125 Å². The van der Waals surface area contributed by atoms with Crippen LogP contribution in [0, 0.1) is 5.95 Å². The topological polar surface area (TPSA) is 68.2 Å². The molecule has 0 aromatic carbocycles. The number of methoxy groups -OCH3 is 1. The van der Waals surface area contributed by atoms with E-state index in [1.54, 1.807) is 18.0 Å². The lowest BCUT2D eigenvalue weighted by Gasteiger charge is -2.18. The smallest absolute Gasteiger partial charge is 0.356 e. The number of nitrogens with zero attached hydrogens (tertiary/aromatic N) is 4. The van der Waals surface area contributed by atoms with Crippen LogP contribution in [0.25, 0.3) is 0 Å². The summed E-state index contributed by atoms with van der Waals surface area (Å²) in [6.07, 6.45) is 1.43. The third-order valence-electron chi connectivity index (χ3n) is 2.68. The maximum absolute atomic E-state index is 12.8. The molecule has 0 N–H and O–H groups in total. The van der Waals surface area contributed by atoms with Gasteiger partial charge in [-0.25, -0.2) is 19.7 Å². The second-order valence-corrected chi connectivity index (χ2v) is 4.56. The molecule has 0 radical (unpaired) electrons. The lowest BCUT2D eigenvalue weighted by Crippen LogP contribution is -2.19. The Morgan fingerprint density at radius 3 is 2.81 bits per heavy atom. The maximum atomic E-state index is 12.8. The van der Waals surface area contributed by atoms with Gasteiger partial charge in [0.15, 0.2) is 5.69 Å². The van der Waals surface area contributed by atoms with Crippen LogP contribution in [0.1, 0.15) is 16.1 Å². The zero-order valence-corrected chi connectivity index (χ0v) is 12.1. The average molecular weight is 311 g/mol. The summed E-state index contributed by atoms with van der Waals surface area (Å²) in [6.45, 7) is 0.418. The SMILES string of the molecule is COC(=O)c1cc(N(C)Cc2ccc(F)nc2)nc(Cl)n1. The number of halogens is 2. The van der Waals surface area contributed by atoms with E-state index in [1.807, 2.05) is 0 Å². The molecule has 2 heterocycles. The van der Waals surface area contributed by atoms with Gasteiger partial charge in [-0.15, -0.1) is 0 Å². The molecule has 0 saturated carbocycles. The molecule has 0 aliphatic rings. The highest BCUT2D eigenvalue weighted by molar-refractivity contribution is 6.28. The number of ether oxygens (including phenoxy) is 1. The van der Waals surface area contributed by atoms with Crippen LogP contribution in [-0.2, 0) is 11.3 Å². The number of hydrogen-bond acceptors (Lipinski definition) is 6. The zero-order chi connectivity index (χ0) is 15.4. The van der Waals surface area contributed by atoms with Crippen LogP contribution in [-0.4, -0.2) is 35.1 Å². The highest BCUT2D eigenvalue weighted by Crippen LogP contribution is 2.17. The molecule has 0 spiro atoms. The van der Waals surface area contributed by atoms with E-state index < -0.39 is 11.9 Å². The van der Waals surface area contributed by atoms with E-state index >= 15 is 0 Å². The molecule has 6 nitrogen and oxygen atoms in total. The van der Waals surface area contributed by atoms with Gasteiger partial charge in [-0.2, -0.15) is 4.39 Å². The highest BCUT2D eigenvalue weighted by Gasteiger charge is 2.14. The van der Waals surface area contributed by atoms with Gasteiger partial charge in [0.05, 0.1) is 7.11 Å². The Bertz CT molecular complexity index is 651. The minimum atomic E-state index is -0.600. The minimum absolute atomic E-state index is 0.0584. The Morgan fingerprint density at radius 1 is 1.43 bits per heavy atom. The van der Waals surface area contributed by atoms with Crippen LogP contribution in [0.4, 0.5) is 10.2 Å². The zero-order valence-electron chi connectivity index (χ0n) is 11.4. The molecule has 0 atom stereocenters. The molecule has 0 bridgehead atoms. The molecule has 2 rings (SSSR count). The number of anilines is 1. The first kappa shape index (κ1) is 15.1. The normalized spacial score (nSPS) is 10.3. The summed E-state index contributed by atoms with van der Waals surface area (Å²) in [4.78, 5) is 24.6. The van der Waals surface area contributed by atoms with Crippen molar-refractivity contribution in [1.82, 2.24) is 15.0 Å². The molecule has 0 unspecified atom stereocenters. The van der Waals surface area contributed by atoms with Crippen molar-refractivity contribution in [3.63, 3.8) is 0 Å². The van der Waals surface area contributed by atoms with Crippen LogP contribution in [0.3, 0.4) is 0 Å². The van der Waals surface area contributed by atoms with Gasteiger partial charge in [0.25, 0.3) is 0 Å². The summed E-state index contributed by atoms with van der Waals surface area (Å²) in [5, 5.41) is -0.0584. The first-order chi connectivity index (χ1) is 9.99. The molecular weight excluding hydrogens is 299 g/mol. The lowest BCUT2D eigenvalue weighted by molar-refractivity contribution is 0.0594. The van der Waals surface area contributed by atoms with Gasteiger partial charge in [0.2, 0.25) is 11.2 Å². The Morgan fingerprint density at radius 2 is 2.19 bits per heavy atom. The van der Waals surface area contributed by atoms with Crippen LogP contribution in [0.5, 0.6) is 0 Å².